The standard InChI is InChI=1S/C20H26N4O/c1-21-20(23-14-18-9-6-11-22-19(18)25-2)24-12-10-17(15-24)13-16-7-4-3-5-8-16/h3-9,11,17H,10,12-15H2,1-2H3,(H,21,23). The zero-order valence-corrected chi connectivity index (χ0v) is 15.0. The van der Waals surface area contributed by atoms with E-state index in [-0.39, 0.29) is 0 Å². The van der Waals surface area contributed by atoms with Gasteiger partial charge in [-0.25, -0.2) is 4.98 Å². The summed E-state index contributed by atoms with van der Waals surface area (Å²) in [4.78, 5) is 11.0. The van der Waals surface area contributed by atoms with Crippen LogP contribution in [-0.2, 0) is 13.0 Å². The number of benzene rings is 1. The van der Waals surface area contributed by atoms with Gasteiger partial charge in [-0.1, -0.05) is 36.4 Å². The number of hydrogen-bond donors (Lipinski definition) is 1. The van der Waals surface area contributed by atoms with Gasteiger partial charge in [0.2, 0.25) is 5.88 Å². The first-order chi connectivity index (χ1) is 12.3. The molecule has 0 aliphatic carbocycles. The van der Waals surface area contributed by atoms with Crippen LogP contribution in [0.4, 0.5) is 0 Å². The van der Waals surface area contributed by atoms with Crippen molar-refractivity contribution < 1.29 is 4.74 Å². The maximum Gasteiger partial charge on any atom is 0.218 e. The number of aliphatic imine (C=N–C) groups is 1. The molecule has 2 heterocycles. The molecule has 0 bridgehead atoms. The lowest BCUT2D eigenvalue weighted by molar-refractivity contribution is 0.391. The average molecular weight is 338 g/mol. The average Bonchev–Trinajstić information content (AvgIpc) is 3.11. The summed E-state index contributed by atoms with van der Waals surface area (Å²) in [6.45, 7) is 2.74. The molecule has 0 spiro atoms. The highest BCUT2D eigenvalue weighted by Crippen LogP contribution is 2.21. The smallest absolute Gasteiger partial charge is 0.218 e. The number of likely N-dealkylation sites (tertiary alicyclic amines) is 1. The third-order valence-corrected chi connectivity index (χ3v) is 4.64. The van der Waals surface area contributed by atoms with E-state index in [2.05, 4.69) is 50.5 Å². The minimum Gasteiger partial charge on any atom is -0.481 e. The Hall–Kier alpha value is -2.56. The van der Waals surface area contributed by atoms with Crippen molar-refractivity contribution in [3.05, 3.63) is 59.8 Å². The molecule has 5 nitrogen and oxygen atoms in total. The number of ether oxygens (including phenoxy) is 1. The molecule has 132 valence electrons. The number of nitrogens with one attached hydrogen (secondary N) is 1. The van der Waals surface area contributed by atoms with Crippen LogP contribution in [0.2, 0.25) is 0 Å². The van der Waals surface area contributed by atoms with E-state index in [0.29, 0.717) is 18.3 Å². The Morgan fingerprint density at radius 3 is 2.88 bits per heavy atom. The Morgan fingerprint density at radius 2 is 2.12 bits per heavy atom. The minimum absolute atomic E-state index is 0.656. The Kier molecular flexibility index (Phi) is 5.88. The number of pyridine rings is 1. The van der Waals surface area contributed by atoms with Crippen LogP contribution in [0.25, 0.3) is 0 Å². The summed E-state index contributed by atoms with van der Waals surface area (Å²) in [5.41, 5.74) is 2.45. The second kappa shape index (κ2) is 8.51. The molecule has 25 heavy (non-hydrogen) atoms. The van der Waals surface area contributed by atoms with Crippen molar-refractivity contribution in [3.63, 3.8) is 0 Å². The van der Waals surface area contributed by atoms with Crippen molar-refractivity contribution in [2.75, 3.05) is 27.2 Å². The van der Waals surface area contributed by atoms with E-state index in [1.807, 2.05) is 19.2 Å². The van der Waals surface area contributed by atoms with Gasteiger partial charge in [0.15, 0.2) is 5.96 Å². The first kappa shape index (κ1) is 17.3. The van der Waals surface area contributed by atoms with Crippen LogP contribution >= 0.6 is 0 Å². The SMILES string of the molecule is CN=C(NCc1cccnc1OC)N1CCC(Cc2ccccc2)C1. The van der Waals surface area contributed by atoms with Gasteiger partial charge in [-0.2, -0.15) is 0 Å². The largest absolute Gasteiger partial charge is 0.481 e. The van der Waals surface area contributed by atoms with Gasteiger partial charge >= 0.3 is 0 Å². The summed E-state index contributed by atoms with van der Waals surface area (Å²) in [7, 11) is 3.49. The van der Waals surface area contributed by atoms with Crippen molar-refractivity contribution in [3.8, 4) is 5.88 Å². The lowest BCUT2D eigenvalue weighted by atomic mass is 9.99. The van der Waals surface area contributed by atoms with Gasteiger partial charge in [-0.3, -0.25) is 4.99 Å². The molecule has 1 aliphatic heterocycles. The van der Waals surface area contributed by atoms with E-state index in [4.69, 9.17) is 4.74 Å². The van der Waals surface area contributed by atoms with E-state index in [1.54, 1.807) is 13.3 Å². The molecule has 5 heteroatoms. The molecule has 1 aromatic heterocycles. The van der Waals surface area contributed by atoms with Gasteiger partial charge in [0.05, 0.1) is 7.11 Å². The van der Waals surface area contributed by atoms with Crippen LogP contribution in [0.1, 0.15) is 17.5 Å². The summed E-state index contributed by atoms with van der Waals surface area (Å²) >= 11 is 0. The highest BCUT2D eigenvalue weighted by molar-refractivity contribution is 5.80. The fourth-order valence-corrected chi connectivity index (χ4v) is 3.39. The Labute approximate surface area is 149 Å². The molecule has 1 N–H and O–H groups in total. The quantitative estimate of drug-likeness (QED) is 0.673. The third-order valence-electron chi connectivity index (χ3n) is 4.64. The molecule has 1 atom stereocenters. The van der Waals surface area contributed by atoms with E-state index in [0.717, 1.165) is 31.0 Å². The number of guanidine groups is 1. The first-order valence-electron chi connectivity index (χ1n) is 8.77. The molecule has 1 unspecified atom stereocenters. The maximum absolute atomic E-state index is 5.32. The first-order valence-corrected chi connectivity index (χ1v) is 8.77. The van der Waals surface area contributed by atoms with Crippen LogP contribution in [0.3, 0.4) is 0 Å². The predicted molar refractivity (Wildman–Crippen MR) is 101 cm³/mol. The van der Waals surface area contributed by atoms with Gasteiger partial charge in [0.1, 0.15) is 0 Å². The molecule has 1 aliphatic rings. The molecule has 1 saturated heterocycles. The van der Waals surface area contributed by atoms with Crippen LogP contribution in [0, 0.1) is 5.92 Å². The summed E-state index contributed by atoms with van der Waals surface area (Å²) in [5.74, 6) is 2.28. The molecule has 1 aromatic carbocycles. The molecular formula is C20H26N4O. The Morgan fingerprint density at radius 1 is 1.28 bits per heavy atom. The molecule has 0 radical (unpaired) electrons. The van der Waals surface area contributed by atoms with Crippen molar-refractivity contribution in [2.24, 2.45) is 10.9 Å². The molecule has 0 saturated carbocycles. The van der Waals surface area contributed by atoms with Crippen molar-refractivity contribution >= 4 is 5.96 Å². The maximum atomic E-state index is 5.32. The molecular weight excluding hydrogens is 312 g/mol. The van der Waals surface area contributed by atoms with Crippen molar-refractivity contribution in [1.29, 1.82) is 0 Å². The Balaban J connectivity index is 1.55. The molecule has 2 aromatic rings. The zero-order valence-electron chi connectivity index (χ0n) is 15.0. The third kappa shape index (κ3) is 4.50. The summed E-state index contributed by atoms with van der Waals surface area (Å²) in [6, 6.07) is 14.7. The van der Waals surface area contributed by atoms with Crippen LogP contribution in [0.15, 0.2) is 53.7 Å². The fourth-order valence-electron chi connectivity index (χ4n) is 3.39. The van der Waals surface area contributed by atoms with Crippen molar-refractivity contribution in [2.45, 2.75) is 19.4 Å². The van der Waals surface area contributed by atoms with Crippen LogP contribution in [0.5, 0.6) is 5.88 Å². The molecule has 0 amide bonds. The highest BCUT2D eigenvalue weighted by Gasteiger charge is 2.25. The summed E-state index contributed by atoms with van der Waals surface area (Å²) in [6.07, 6.45) is 4.07. The van der Waals surface area contributed by atoms with Crippen LogP contribution in [-0.4, -0.2) is 43.1 Å². The molecule has 1 fully saturated rings. The Bertz CT molecular complexity index is 702. The predicted octanol–water partition coefficient (Wildman–Crippen LogP) is 2.73. The summed E-state index contributed by atoms with van der Waals surface area (Å²) < 4.78 is 5.32. The monoisotopic (exact) mass is 338 g/mol. The second-order valence-corrected chi connectivity index (χ2v) is 6.36. The normalized spacial score (nSPS) is 17.6. The van der Waals surface area contributed by atoms with E-state index >= 15 is 0 Å². The van der Waals surface area contributed by atoms with E-state index in [1.165, 1.54) is 12.0 Å². The van der Waals surface area contributed by atoms with Gasteiger partial charge in [0, 0.05) is 38.4 Å². The number of rotatable bonds is 5. The number of methoxy groups -OCH3 is 1. The zero-order chi connectivity index (χ0) is 17.5. The van der Waals surface area contributed by atoms with Gasteiger partial charge in [-0.15, -0.1) is 0 Å². The van der Waals surface area contributed by atoms with Crippen LogP contribution < -0.4 is 10.1 Å². The minimum atomic E-state index is 0.656. The van der Waals surface area contributed by atoms with Gasteiger partial charge < -0.3 is 15.0 Å². The number of nitrogens with zero attached hydrogens (tertiary/aromatic N) is 3. The lowest BCUT2D eigenvalue weighted by Crippen LogP contribution is -2.39. The van der Waals surface area contributed by atoms with Gasteiger partial charge in [-0.05, 0) is 30.4 Å². The summed E-state index contributed by atoms with van der Waals surface area (Å²) in [5, 5.41) is 3.44. The lowest BCUT2D eigenvalue weighted by Gasteiger charge is -2.22. The van der Waals surface area contributed by atoms with E-state index in [9.17, 15) is 0 Å². The second-order valence-electron chi connectivity index (χ2n) is 6.36. The highest BCUT2D eigenvalue weighted by atomic mass is 16.5. The molecule has 3 rings (SSSR count). The number of aromatic nitrogens is 1. The topological polar surface area (TPSA) is 49.8 Å². The van der Waals surface area contributed by atoms with E-state index < -0.39 is 0 Å². The fraction of sp³-hybridized carbons (Fsp3) is 0.400. The van der Waals surface area contributed by atoms with Gasteiger partial charge in [0.25, 0.3) is 0 Å². The number of hydrogen-bond acceptors (Lipinski definition) is 3. The van der Waals surface area contributed by atoms with Crippen molar-refractivity contribution in [1.82, 2.24) is 15.2 Å².